The van der Waals surface area contributed by atoms with Gasteiger partial charge in [-0.05, 0) is 53.3 Å². The molecule has 2 heteroatoms. The first-order chi connectivity index (χ1) is 7.83. The molecule has 1 atom stereocenters. The van der Waals surface area contributed by atoms with Crippen molar-refractivity contribution < 1.29 is 0 Å². The van der Waals surface area contributed by atoms with Gasteiger partial charge in [-0.25, -0.2) is 0 Å². The Labute approximate surface area is 125 Å². The molecule has 0 nitrogen and oxygen atoms in total. The van der Waals surface area contributed by atoms with Crippen LogP contribution in [0.5, 0.6) is 0 Å². The number of alkyl halides is 1. The number of hydrogen-bond acceptors (Lipinski definition) is 0. The van der Waals surface area contributed by atoms with Crippen molar-refractivity contribution in [2.24, 2.45) is 5.92 Å². The summed E-state index contributed by atoms with van der Waals surface area (Å²) >= 11 is 5.08. The third-order valence-corrected chi connectivity index (χ3v) is 5.62. The van der Waals surface area contributed by atoms with E-state index in [0.29, 0.717) is 0 Å². The Morgan fingerprint density at radius 1 is 1.19 bits per heavy atom. The number of benzene rings is 1. The fourth-order valence-electron chi connectivity index (χ4n) is 2.31. The van der Waals surface area contributed by atoms with E-state index in [0.717, 1.165) is 5.92 Å². The number of rotatable bonds is 2. The van der Waals surface area contributed by atoms with Crippen LogP contribution in [-0.2, 0) is 0 Å². The average molecular weight is 438 g/mol. The van der Waals surface area contributed by atoms with Crippen LogP contribution in [0.1, 0.15) is 31.2 Å². The normalized spacial score (nSPS) is 24.2. The highest BCUT2D eigenvalue weighted by Gasteiger charge is 2.20. The molecule has 1 aromatic carbocycles. The Kier molecular flexibility index (Phi) is 5.13. The fraction of sp³-hybridized carbons (Fsp3) is 0.429. The minimum atomic E-state index is 0.821. The summed E-state index contributed by atoms with van der Waals surface area (Å²) in [4.78, 5) is 0. The van der Waals surface area contributed by atoms with Gasteiger partial charge < -0.3 is 0 Å². The lowest BCUT2D eigenvalue weighted by molar-refractivity contribution is 0.497. The van der Waals surface area contributed by atoms with Gasteiger partial charge in [0.2, 0.25) is 0 Å². The van der Waals surface area contributed by atoms with Crippen LogP contribution in [-0.4, -0.2) is 4.43 Å². The van der Waals surface area contributed by atoms with Crippen molar-refractivity contribution >= 4 is 48.8 Å². The molecule has 1 fully saturated rings. The molecule has 0 spiro atoms. The second-order valence-electron chi connectivity index (χ2n) is 4.30. The van der Waals surface area contributed by atoms with Gasteiger partial charge in [0.05, 0.1) is 0 Å². The maximum Gasteiger partial charge on any atom is 0.0197 e. The highest BCUT2D eigenvalue weighted by Crippen LogP contribution is 2.38. The molecule has 0 N–H and O–H groups in total. The van der Waals surface area contributed by atoms with Crippen molar-refractivity contribution in [3.05, 3.63) is 41.5 Å². The van der Waals surface area contributed by atoms with E-state index in [4.69, 9.17) is 0 Å². The molecule has 1 saturated carbocycles. The molecular weight excluding hydrogens is 422 g/mol. The maximum absolute atomic E-state index is 2.54. The summed E-state index contributed by atoms with van der Waals surface area (Å²) in [5, 5.41) is 0. The molecule has 1 unspecified atom stereocenters. The van der Waals surface area contributed by atoms with Gasteiger partial charge >= 0.3 is 0 Å². The maximum atomic E-state index is 2.54. The first-order valence-electron chi connectivity index (χ1n) is 5.83. The Morgan fingerprint density at radius 3 is 2.62 bits per heavy atom. The lowest BCUT2D eigenvalue weighted by atomic mass is 9.84. The Bertz CT molecular complexity index is 368. The van der Waals surface area contributed by atoms with Crippen molar-refractivity contribution in [2.45, 2.75) is 25.7 Å². The molecule has 0 aromatic heterocycles. The van der Waals surface area contributed by atoms with Gasteiger partial charge in [-0.3, -0.25) is 0 Å². The Morgan fingerprint density at radius 2 is 1.94 bits per heavy atom. The summed E-state index contributed by atoms with van der Waals surface area (Å²) in [7, 11) is 0. The van der Waals surface area contributed by atoms with Crippen LogP contribution in [0.4, 0.5) is 0 Å². The summed E-state index contributed by atoms with van der Waals surface area (Å²) in [6.07, 6.45) is 5.48. The van der Waals surface area contributed by atoms with Crippen LogP contribution in [0.25, 0.3) is 3.58 Å². The molecular formula is C14H16I2. The third-order valence-electron chi connectivity index (χ3n) is 3.24. The van der Waals surface area contributed by atoms with Crippen LogP contribution < -0.4 is 0 Å². The van der Waals surface area contributed by atoms with E-state index < -0.39 is 0 Å². The predicted molar refractivity (Wildman–Crippen MR) is 88.2 cm³/mol. The molecule has 0 aliphatic heterocycles. The summed E-state index contributed by atoms with van der Waals surface area (Å²) in [6.45, 7) is 0. The van der Waals surface area contributed by atoms with Crippen molar-refractivity contribution in [1.82, 2.24) is 0 Å². The first kappa shape index (κ1) is 12.9. The molecule has 0 amide bonds. The van der Waals surface area contributed by atoms with E-state index in [1.807, 2.05) is 0 Å². The zero-order valence-corrected chi connectivity index (χ0v) is 13.6. The lowest BCUT2D eigenvalue weighted by Crippen LogP contribution is -2.12. The summed E-state index contributed by atoms with van der Waals surface area (Å²) in [6, 6.07) is 10.8. The SMILES string of the molecule is ICC1CCCC/C1=C(/I)c1ccccc1. The minimum absolute atomic E-state index is 0.821. The molecule has 0 saturated heterocycles. The van der Waals surface area contributed by atoms with Crippen molar-refractivity contribution in [3.63, 3.8) is 0 Å². The molecule has 0 heterocycles. The second kappa shape index (κ2) is 6.38. The summed E-state index contributed by atoms with van der Waals surface area (Å²) < 4.78 is 2.77. The topological polar surface area (TPSA) is 0 Å². The average Bonchev–Trinajstić information content (AvgIpc) is 2.39. The zero-order valence-electron chi connectivity index (χ0n) is 9.26. The molecule has 1 aliphatic carbocycles. The van der Waals surface area contributed by atoms with E-state index in [2.05, 4.69) is 75.5 Å². The quantitative estimate of drug-likeness (QED) is 0.425. The van der Waals surface area contributed by atoms with Crippen LogP contribution in [0.3, 0.4) is 0 Å². The molecule has 1 aliphatic rings. The Balaban J connectivity index is 2.31. The largest absolute Gasteiger partial charge is 0.0857 e. The first-order valence-corrected chi connectivity index (χ1v) is 8.43. The van der Waals surface area contributed by atoms with E-state index >= 15 is 0 Å². The molecule has 16 heavy (non-hydrogen) atoms. The monoisotopic (exact) mass is 438 g/mol. The highest BCUT2D eigenvalue weighted by atomic mass is 127. The van der Waals surface area contributed by atoms with Gasteiger partial charge in [-0.15, -0.1) is 0 Å². The smallest absolute Gasteiger partial charge is 0.0197 e. The predicted octanol–water partition coefficient (Wildman–Crippen LogP) is 5.46. The summed E-state index contributed by atoms with van der Waals surface area (Å²) in [5.74, 6) is 0.821. The van der Waals surface area contributed by atoms with Crippen LogP contribution >= 0.6 is 45.2 Å². The van der Waals surface area contributed by atoms with Gasteiger partial charge in [0, 0.05) is 8.01 Å². The van der Waals surface area contributed by atoms with Crippen LogP contribution in [0.2, 0.25) is 0 Å². The highest BCUT2D eigenvalue weighted by molar-refractivity contribution is 14.1. The van der Waals surface area contributed by atoms with E-state index in [-0.39, 0.29) is 0 Å². The van der Waals surface area contributed by atoms with Crippen molar-refractivity contribution in [3.8, 4) is 0 Å². The van der Waals surface area contributed by atoms with Gasteiger partial charge in [-0.2, -0.15) is 0 Å². The number of allylic oxidation sites excluding steroid dienone is 1. The number of hydrogen-bond donors (Lipinski definition) is 0. The second-order valence-corrected chi connectivity index (χ2v) is 6.26. The van der Waals surface area contributed by atoms with Gasteiger partial charge in [0.1, 0.15) is 0 Å². The standard InChI is InChI=1S/C14H16I2/c15-10-12-8-4-5-9-13(12)14(16)11-6-2-1-3-7-11/h1-3,6-7,12H,4-5,8-10H2/b14-13-. The van der Waals surface area contributed by atoms with Gasteiger partial charge in [0.25, 0.3) is 0 Å². The van der Waals surface area contributed by atoms with E-state index in [1.165, 1.54) is 39.3 Å². The van der Waals surface area contributed by atoms with Crippen LogP contribution in [0, 0.1) is 5.92 Å². The summed E-state index contributed by atoms with van der Waals surface area (Å²) in [5.41, 5.74) is 3.10. The molecule has 1 aromatic rings. The number of halogens is 2. The third kappa shape index (κ3) is 3.00. The van der Waals surface area contributed by atoms with Gasteiger partial charge in [-0.1, -0.05) is 64.9 Å². The molecule has 0 radical (unpaired) electrons. The Hall–Kier alpha value is 0.420. The van der Waals surface area contributed by atoms with Crippen molar-refractivity contribution in [2.75, 3.05) is 4.43 Å². The zero-order chi connectivity index (χ0) is 11.4. The molecule has 86 valence electrons. The minimum Gasteiger partial charge on any atom is -0.0857 e. The molecule has 0 bridgehead atoms. The van der Waals surface area contributed by atoms with E-state index in [9.17, 15) is 0 Å². The van der Waals surface area contributed by atoms with Gasteiger partial charge in [0.15, 0.2) is 0 Å². The van der Waals surface area contributed by atoms with Crippen LogP contribution in [0.15, 0.2) is 35.9 Å². The van der Waals surface area contributed by atoms with E-state index in [1.54, 1.807) is 5.57 Å². The fourth-order valence-corrected chi connectivity index (χ4v) is 4.36. The van der Waals surface area contributed by atoms with Crippen molar-refractivity contribution in [1.29, 1.82) is 0 Å². The molecule has 2 rings (SSSR count). The lowest BCUT2D eigenvalue weighted by Gasteiger charge is -2.25.